The summed E-state index contributed by atoms with van der Waals surface area (Å²) in [5.41, 5.74) is 0.989. The summed E-state index contributed by atoms with van der Waals surface area (Å²) in [4.78, 5) is 32.1. The number of benzene rings is 2. The number of halogens is 2. The van der Waals surface area contributed by atoms with Crippen molar-refractivity contribution in [3.63, 3.8) is 0 Å². The van der Waals surface area contributed by atoms with E-state index in [1.54, 1.807) is 23.2 Å². The molecular weight excluding hydrogens is 568 g/mol. The van der Waals surface area contributed by atoms with Crippen molar-refractivity contribution in [1.29, 1.82) is 0 Å². The number of morpholine rings is 1. The minimum atomic E-state index is -0.258. The number of hydrogen-bond donors (Lipinski definition) is 0. The van der Waals surface area contributed by atoms with Crippen LogP contribution in [0.5, 0.6) is 5.75 Å². The fourth-order valence-electron chi connectivity index (χ4n) is 3.57. The predicted molar refractivity (Wildman–Crippen MR) is 138 cm³/mol. The van der Waals surface area contributed by atoms with Crippen LogP contribution in [0.1, 0.15) is 31.2 Å². The zero-order valence-electron chi connectivity index (χ0n) is 18.8. The third-order valence-electron chi connectivity index (χ3n) is 5.35. The fraction of sp³-hybridized carbons (Fsp3) is 0.333. The topological polar surface area (TPSA) is 86.0 Å². The van der Waals surface area contributed by atoms with Crippen LogP contribution in [0, 0.1) is 0 Å². The Morgan fingerprint density at radius 2 is 1.88 bits per heavy atom. The molecule has 0 radical (unpaired) electrons. The van der Waals surface area contributed by atoms with Crippen LogP contribution < -0.4 is 10.3 Å². The number of rotatable bonds is 6. The lowest BCUT2D eigenvalue weighted by Gasteiger charge is -2.26. The molecular formula is C24H24Br2N4O4. The van der Waals surface area contributed by atoms with Crippen molar-refractivity contribution in [1.82, 2.24) is 14.6 Å². The molecule has 1 amide bonds. The maximum Gasteiger partial charge on any atom is 0.282 e. The highest BCUT2D eigenvalue weighted by molar-refractivity contribution is 9.10. The predicted octanol–water partition coefficient (Wildman–Crippen LogP) is 4.16. The van der Waals surface area contributed by atoms with Gasteiger partial charge in [-0.3, -0.25) is 9.59 Å². The smallest absolute Gasteiger partial charge is 0.282 e. The van der Waals surface area contributed by atoms with E-state index in [4.69, 9.17) is 9.47 Å². The minimum Gasteiger partial charge on any atom is -0.483 e. The quantitative estimate of drug-likeness (QED) is 0.402. The Hall–Kier alpha value is -2.56. The normalized spacial score (nSPS) is 14.3. The number of aromatic nitrogens is 2. The molecule has 1 aromatic heterocycles. The second-order valence-electron chi connectivity index (χ2n) is 8.11. The minimum absolute atomic E-state index is 0.0257. The van der Waals surface area contributed by atoms with Crippen LogP contribution in [-0.2, 0) is 9.53 Å². The van der Waals surface area contributed by atoms with Crippen molar-refractivity contribution in [2.75, 3.05) is 32.9 Å². The van der Waals surface area contributed by atoms with Crippen LogP contribution in [0.2, 0.25) is 0 Å². The van der Waals surface area contributed by atoms with E-state index >= 15 is 0 Å². The van der Waals surface area contributed by atoms with Crippen LogP contribution in [0.15, 0.2) is 55.2 Å². The Labute approximate surface area is 213 Å². The summed E-state index contributed by atoms with van der Waals surface area (Å²) in [6, 6.07) is 10.8. The summed E-state index contributed by atoms with van der Waals surface area (Å²) < 4.78 is 14.1. The Morgan fingerprint density at radius 3 is 2.62 bits per heavy atom. The average molecular weight is 592 g/mol. The van der Waals surface area contributed by atoms with Crippen molar-refractivity contribution < 1.29 is 14.3 Å². The third-order valence-corrected chi connectivity index (χ3v) is 6.34. The van der Waals surface area contributed by atoms with Crippen LogP contribution >= 0.6 is 31.9 Å². The lowest BCUT2D eigenvalue weighted by molar-refractivity contribution is -0.137. The Kier molecular flexibility index (Phi) is 7.80. The molecule has 0 spiro atoms. The highest BCUT2D eigenvalue weighted by atomic mass is 79.9. The summed E-state index contributed by atoms with van der Waals surface area (Å²) in [6.45, 7) is 6.01. The monoisotopic (exact) mass is 590 g/mol. The van der Waals surface area contributed by atoms with Crippen LogP contribution in [0.25, 0.3) is 10.9 Å². The molecule has 4 rings (SSSR count). The first-order valence-electron chi connectivity index (χ1n) is 10.9. The van der Waals surface area contributed by atoms with Gasteiger partial charge in [0.1, 0.15) is 11.6 Å². The van der Waals surface area contributed by atoms with E-state index in [0.717, 1.165) is 8.95 Å². The maximum absolute atomic E-state index is 13.3. The summed E-state index contributed by atoms with van der Waals surface area (Å²) in [5.74, 6) is 0.916. The van der Waals surface area contributed by atoms with E-state index in [1.807, 2.05) is 38.1 Å². The second-order valence-corrected chi connectivity index (χ2v) is 9.94. The van der Waals surface area contributed by atoms with Crippen LogP contribution in [0.3, 0.4) is 0 Å². The van der Waals surface area contributed by atoms with Gasteiger partial charge in [-0.2, -0.15) is 9.78 Å². The molecule has 1 aliphatic rings. The molecule has 8 nitrogen and oxygen atoms in total. The molecule has 10 heteroatoms. The van der Waals surface area contributed by atoms with E-state index in [1.165, 1.54) is 4.68 Å². The van der Waals surface area contributed by atoms with Crippen molar-refractivity contribution in [3.8, 4) is 5.75 Å². The highest BCUT2D eigenvalue weighted by Crippen LogP contribution is 2.23. The average Bonchev–Trinajstić information content (AvgIpc) is 2.83. The van der Waals surface area contributed by atoms with Gasteiger partial charge in [0, 0.05) is 33.5 Å². The summed E-state index contributed by atoms with van der Waals surface area (Å²) in [7, 11) is 0. The molecule has 34 heavy (non-hydrogen) atoms. The molecule has 1 saturated heterocycles. The molecule has 3 aromatic rings. The first-order valence-corrected chi connectivity index (χ1v) is 12.5. The molecule has 2 heterocycles. The standard InChI is InChI=1S/C24H24Br2N4O4/c1-15(2)23-28-20-5-3-18(26)12-19(20)24(32)30(23)27-13-16-11-17(25)4-6-21(16)34-14-22(31)29-7-9-33-10-8-29/h3-6,11-13,15H,7-10,14H2,1-2H3. The first-order chi connectivity index (χ1) is 16.3. The number of hydrogen-bond acceptors (Lipinski definition) is 6. The molecule has 1 fully saturated rings. The molecule has 0 N–H and O–H groups in total. The first kappa shape index (κ1) is 24.6. The number of ether oxygens (including phenoxy) is 2. The van der Waals surface area contributed by atoms with Crippen molar-refractivity contribution >= 4 is 54.9 Å². The lowest BCUT2D eigenvalue weighted by Crippen LogP contribution is -2.43. The van der Waals surface area contributed by atoms with Gasteiger partial charge < -0.3 is 14.4 Å². The molecule has 0 aliphatic carbocycles. The Morgan fingerprint density at radius 1 is 1.18 bits per heavy atom. The maximum atomic E-state index is 13.3. The Balaban J connectivity index is 1.65. The lowest BCUT2D eigenvalue weighted by atomic mass is 10.2. The van der Waals surface area contributed by atoms with Gasteiger partial charge in [0.15, 0.2) is 6.61 Å². The number of carbonyl (C=O) groups excluding carboxylic acids is 1. The number of fused-ring (bicyclic) bond motifs is 1. The van der Waals surface area contributed by atoms with Gasteiger partial charge in [0.05, 0.1) is 30.3 Å². The van der Waals surface area contributed by atoms with E-state index in [0.29, 0.717) is 54.3 Å². The molecule has 1 aliphatic heterocycles. The number of carbonyl (C=O) groups is 1. The van der Waals surface area contributed by atoms with Crippen molar-refractivity contribution in [3.05, 3.63) is 67.1 Å². The molecule has 0 atom stereocenters. The van der Waals surface area contributed by atoms with Crippen molar-refractivity contribution in [2.45, 2.75) is 19.8 Å². The van der Waals surface area contributed by atoms with Gasteiger partial charge >= 0.3 is 0 Å². The zero-order valence-corrected chi connectivity index (χ0v) is 22.0. The fourth-order valence-corrected chi connectivity index (χ4v) is 4.31. The van der Waals surface area contributed by atoms with E-state index < -0.39 is 0 Å². The Bertz CT molecular complexity index is 1300. The van der Waals surface area contributed by atoms with Crippen LogP contribution in [-0.4, -0.2) is 59.6 Å². The van der Waals surface area contributed by atoms with Crippen molar-refractivity contribution in [2.24, 2.45) is 5.10 Å². The molecule has 0 bridgehead atoms. The largest absolute Gasteiger partial charge is 0.483 e. The summed E-state index contributed by atoms with van der Waals surface area (Å²) in [6.07, 6.45) is 1.55. The highest BCUT2D eigenvalue weighted by Gasteiger charge is 2.18. The van der Waals surface area contributed by atoms with Gasteiger partial charge in [-0.25, -0.2) is 4.98 Å². The van der Waals surface area contributed by atoms with E-state index in [-0.39, 0.29) is 24.0 Å². The number of amides is 1. The molecule has 0 unspecified atom stereocenters. The molecule has 0 saturated carbocycles. The van der Waals surface area contributed by atoms with Gasteiger partial charge in [-0.1, -0.05) is 45.7 Å². The van der Waals surface area contributed by atoms with Gasteiger partial charge in [0.2, 0.25) is 0 Å². The van der Waals surface area contributed by atoms with Gasteiger partial charge in [0.25, 0.3) is 11.5 Å². The SMILES string of the molecule is CC(C)c1nc2ccc(Br)cc2c(=O)n1N=Cc1cc(Br)ccc1OCC(=O)N1CCOCC1. The molecule has 2 aromatic carbocycles. The van der Waals surface area contributed by atoms with E-state index in [2.05, 4.69) is 41.9 Å². The van der Waals surface area contributed by atoms with E-state index in [9.17, 15) is 9.59 Å². The number of nitrogens with zero attached hydrogens (tertiary/aromatic N) is 4. The zero-order chi connectivity index (χ0) is 24.2. The third kappa shape index (κ3) is 5.56. The molecule has 178 valence electrons. The second kappa shape index (κ2) is 10.8. The van der Waals surface area contributed by atoms with Gasteiger partial charge in [-0.15, -0.1) is 0 Å². The summed E-state index contributed by atoms with van der Waals surface area (Å²) >= 11 is 6.88. The van der Waals surface area contributed by atoms with Gasteiger partial charge in [-0.05, 0) is 36.4 Å². The summed E-state index contributed by atoms with van der Waals surface area (Å²) in [5, 5.41) is 4.95. The van der Waals surface area contributed by atoms with Crippen LogP contribution in [0.4, 0.5) is 0 Å².